The maximum absolute atomic E-state index is 6.23. The highest BCUT2D eigenvalue weighted by atomic mass is 127. The van der Waals surface area contributed by atoms with Crippen LogP contribution in [0.25, 0.3) is 0 Å². The summed E-state index contributed by atoms with van der Waals surface area (Å²) in [4.78, 5) is 0. The van der Waals surface area contributed by atoms with Crippen LogP contribution in [-0.4, -0.2) is 4.57 Å². The van der Waals surface area contributed by atoms with Crippen LogP contribution in [0.1, 0.15) is 30.1 Å². The van der Waals surface area contributed by atoms with Crippen LogP contribution in [-0.2, 0) is 13.6 Å². The Labute approximate surface area is 140 Å². The number of aromatic nitrogens is 2. The van der Waals surface area contributed by atoms with Crippen LogP contribution in [0.4, 0.5) is 0 Å². The van der Waals surface area contributed by atoms with Crippen LogP contribution >= 0.6 is 23.2 Å². The summed E-state index contributed by atoms with van der Waals surface area (Å²) in [7, 11) is 2.10. The predicted molar refractivity (Wildman–Crippen MR) is 73.1 cm³/mol. The van der Waals surface area contributed by atoms with Gasteiger partial charge in [0.25, 0.3) is 5.82 Å². The lowest BCUT2D eigenvalue weighted by Crippen LogP contribution is -3.00. The summed E-state index contributed by atoms with van der Waals surface area (Å²) in [5, 5.41) is 1.47. The Morgan fingerprint density at radius 3 is 2.47 bits per heavy atom. The van der Waals surface area contributed by atoms with Gasteiger partial charge in [0, 0.05) is 15.6 Å². The van der Waals surface area contributed by atoms with E-state index in [2.05, 4.69) is 28.6 Å². The van der Waals surface area contributed by atoms with Crippen molar-refractivity contribution < 1.29 is 28.5 Å². The summed E-state index contributed by atoms with van der Waals surface area (Å²) >= 11 is 12.5. The normalized spacial score (nSPS) is 14.3. The zero-order valence-corrected chi connectivity index (χ0v) is 14.3. The number of nitrogens with zero attached hydrogens (tertiary/aromatic N) is 2. The Morgan fingerprint density at radius 1 is 1.26 bits per heavy atom. The van der Waals surface area contributed by atoms with Crippen molar-refractivity contribution in [3.05, 3.63) is 52.0 Å². The molecule has 1 aliphatic carbocycles. The van der Waals surface area contributed by atoms with E-state index in [1.165, 1.54) is 18.7 Å². The first-order valence-electron chi connectivity index (χ1n) is 6.14. The number of imidazole rings is 1. The van der Waals surface area contributed by atoms with E-state index >= 15 is 0 Å². The molecule has 1 aromatic carbocycles. The highest BCUT2D eigenvalue weighted by molar-refractivity contribution is 6.35. The van der Waals surface area contributed by atoms with Crippen LogP contribution in [0.3, 0.4) is 0 Å². The maximum Gasteiger partial charge on any atom is 0.259 e. The van der Waals surface area contributed by atoms with E-state index < -0.39 is 0 Å². The second kappa shape index (κ2) is 6.02. The molecule has 0 saturated heterocycles. The molecular formula is C14H15Cl2IN2. The monoisotopic (exact) mass is 408 g/mol. The molecule has 1 fully saturated rings. The maximum atomic E-state index is 6.23. The van der Waals surface area contributed by atoms with Gasteiger partial charge in [-0.15, -0.1) is 0 Å². The zero-order chi connectivity index (χ0) is 12.7. The summed E-state index contributed by atoms with van der Waals surface area (Å²) in [6.07, 6.45) is 6.77. The van der Waals surface area contributed by atoms with E-state index in [0.717, 1.165) is 22.2 Å². The third kappa shape index (κ3) is 3.09. The molecule has 1 heterocycles. The summed E-state index contributed by atoms with van der Waals surface area (Å²) in [6, 6.07) is 5.66. The van der Waals surface area contributed by atoms with Crippen LogP contribution in [0, 0.1) is 0 Å². The Bertz CT molecular complexity index is 571. The van der Waals surface area contributed by atoms with Gasteiger partial charge in [-0.3, -0.25) is 0 Å². The van der Waals surface area contributed by atoms with Crippen molar-refractivity contribution in [1.82, 2.24) is 4.57 Å². The lowest BCUT2D eigenvalue weighted by Gasteiger charge is -2.06. The average Bonchev–Trinajstić information content (AvgIpc) is 3.09. The molecule has 0 radical (unpaired) electrons. The van der Waals surface area contributed by atoms with Gasteiger partial charge in [0.15, 0.2) is 0 Å². The van der Waals surface area contributed by atoms with Gasteiger partial charge in [-0.2, -0.15) is 0 Å². The average molecular weight is 409 g/mol. The fourth-order valence-electron chi connectivity index (χ4n) is 2.39. The third-order valence-electron chi connectivity index (χ3n) is 3.46. The topological polar surface area (TPSA) is 8.81 Å². The van der Waals surface area contributed by atoms with E-state index in [-0.39, 0.29) is 24.0 Å². The number of hydrogen-bond donors (Lipinski definition) is 0. The third-order valence-corrected chi connectivity index (χ3v) is 4.17. The molecule has 0 unspecified atom stereocenters. The number of aryl methyl sites for hydroxylation is 1. The molecule has 1 aliphatic rings. The van der Waals surface area contributed by atoms with Crippen LogP contribution in [0.2, 0.25) is 10.0 Å². The number of rotatable bonds is 3. The van der Waals surface area contributed by atoms with Gasteiger partial charge in [0.1, 0.15) is 18.9 Å². The fourth-order valence-corrected chi connectivity index (χ4v) is 2.90. The molecule has 19 heavy (non-hydrogen) atoms. The van der Waals surface area contributed by atoms with Crippen molar-refractivity contribution in [2.24, 2.45) is 7.05 Å². The molecule has 0 spiro atoms. The highest BCUT2D eigenvalue weighted by Crippen LogP contribution is 2.38. The molecule has 5 heteroatoms. The molecule has 0 N–H and O–H groups in total. The number of hydrogen-bond acceptors (Lipinski definition) is 0. The SMILES string of the molecule is C[n+]1ccn(Cc2c(Cl)cccc2Cl)c1C1CC1.[I-]. The Morgan fingerprint density at radius 2 is 1.89 bits per heavy atom. The molecule has 2 nitrogen and oxygen atoms in total. The minimum Gasteiger partial charge on any atom is -1.00 e. The molecule has 3 rings (SSSR count). The summed E-state index contributed by atoms with van der Waals surface area (Å²) in [5.41, 5.74) is 0.999. The van der Waals surface area contributed by atoms with E-state index in [9.17, 15) is 0 Å². The highest BCUT2D eigenvalue weighted by Gasteiger charge is 2.35. The minimum atomic E-state index is 0. The molecule has 1 aromatic heterocycles. The standard InChI is InChI=1S/C14H15Cl2N2.HI/c1-17-7-8-18(14(17)10-5-6-10)9-11-12(15)3-2-4-13(11)16;/h2-4,7-8,10H,5-6,9H2,1H3;1H/q+1;/p-1. The Kier molecular flexibility index (Phi) is 4.79. The molecule has 0 aliphatic heterocycles. The Balaban J connectivity index is 0.00000133. The molecule has 0 atom stereocenters. The summed E-state index contributed by atoms with van der Waals surface area (Å²) in [6.45, 7) is 0.741. The van der Waals surface area contributed by atoms with E-state index in [0.29, 0.717) is 5.92 Å². The van der Waals surface area contributed by atoms with Gasteiger partial charge in [0.05, 0.1) is 13.0 Å². The van der Waals surface area contributed by atoms with Crippen molar-refractivity contribution >= 4 is 23.2 Å². The van der Waals surface area contributed by atoms with Crippen molar-refractivity contribution in [3.63, 3.8) is 0 Å². The quantitative estimate of drug-likeness (QED) is 0.518. The summed E-state index contributed by atoms with van der Waals surface area (Å²) in [5.74, 6) is 2.07. The zero-order valence-electron chi connectivity index (χ0n) is 10.6. The van der Waals surface area contributed by atoms with E-state index in [4.69, 9.17) is 23.2 Å². The van der Waals surface area contributed by atoms with Gasteiger partial charge >= 0.3 is 0 Å². The van der Waals surface area contributed by atoms with Gasteiger partial charge in [-0.25, -0.2) is 9.13 Å². The molecular weight excluding hydrogens is 394 g/mol. The summed E-state index contributed by atoms with van der Waals surface area (Å²) < 4.78 is 4.45. The first kappa shape index (κ1) is 15.1. The minimum absolute atomic E-state index is 0. The van der Waals surface area contributed by atoms with Gasteiger partial charge < -0.3 is 24.0 Å². The van der Waals surface area contributed by atoms with E-state index in [1.807, 2.05) is 18.2 Å². The number of benzene rings is 1. The molecule has 0 amide bonds. The van der Waals surface area contributed by atoms with Crippen molar-refractivity contribution in [2.45, 2.75) is 25.3 Å². The van der Waals surface area contributed by atoms with Crippen LogP contribution < -0.4 is 28.5 Å². The van der Waals surface area contributed by atoms with Gasteiger partial charge in [-0.05, 0) is 25.0 Å². The lowest BCUT2D eigenvalue weighted by atomic mass is 10.2. The fraction of sp³-hybridized carbons (Fsp3) is 0.357. The van der Waals surface area contributed by atoms with Crippen molar-refractivity contribution in [1.29, 1.82) is 0 Å². The largest absolute Gasteiger partial charge is 1.00 e. The molecule has 1 saturated carbocycles. The molecule has 102 valence electrons. The number of halogens is 3. The smallest absolute Gasteiger partial charge is 0.259 e. The lowest BCUT2D eigenvalue weighted by molar-refractivity contribution is -0.679. The Hall–Kier alpha value is -0.260. The molecule has 2 aromatic rings. The predicted octanol–water partition coefficient (Wildman–Crippen LogP) is 0.549. The van der Waals surface area contributed by atoms with Crippen LogP contribution in [0.15, 0.2) is 30.6 Å². The van der Waals surface area contributed by atoms with Gasteiger partial charge in [0.2, 0.25) is 0 Å². The first-order valence-corrected chi connectivity index (χ1v) is 6.90. The van der Waals surface area contributed by atoms with Crippen molar-refractivity contribution in [2.75, 3.05) is 0 Å². The van der Waals surface area contributed by atoms with Gasteiger partial charge in [-0.1, -0.05) is 29.3 Å². The van der Waals surface area contributed by atoms with Crippen molar-refractivity contribution in [3.8, 4) is 0 Å². The second-order valence-corrected chi connectivity index (χ2v) is 5.68. The molecule has 0 bridgehead atoms. The van der Waals surface area contributed by atoms with E-state index in [1.54, 1.807) is 0 Å². The second-order valence-electron chi connectivity index (χ2n) is 4.87. The first-order chi connectivity index (χ1) is 8.66. The van der Waals surface area contributed by atoms with Crippen LogP contribution in [0.5, 0.6) is 0 Å².